The molecule has 0 aromatic carbocycles. The number of nitrogens with two attached hydrogens (primary N) is 1. The number of aromatic nitrogens is 4. The van der Waals surface area contributed by atoms with Crippen molar-refractivity contribution in [2.45, 2.75) is 32.8 Å². The van der Waals surface area contributed by atoms with Crippen LogP contribution in [-0.2, 0) is 6.42 Å². The molecular formula is C13H20N6O. The van der Waals surface area contributed by atoms with E-state index in [1.165, 1.54) is 6.33 Å². The normalized spacial score (nSPS) is 11.3. The minimum atomic E-state index is -0.334. The summed E-state index contributed by atoms with van der Waals surface area (Å²) in [6, 6.07) is 3.61. The minimum absolute atomic E-state index is 0.334. The van der Waals surface area contributed by atoms with Crippen molar-refractivity contribution in [2.75, 3.05) is 17.6 Å². The molecule has 0 amide bonds. The summed E-state index contributed by atoms with van der Waals surface area (Å²) in [6.45, 7) is 6.56. The molecule has 2 rings (SSSR count). The van der Waals surface area contributed by atoms with Gasteiger partial charge >= 0.3 is 0 Å². The van der Waals surface area contributed by atoms with Crippen LogP contribution in [0, 0.1) is 0 Å². The molecule has 0 saturated carbocycles. The van der Waals surface area contributed by atoms with Gasteiger partial charge in [0.05, 0.1) is 5.69 Å². The van der Waals surface area contributed by atoms with Crippen molar-refractivity contribution in [2.24, 2.45) is 0 Å². The molecule has 0 aliphatic rings. The third-order valence-electron chi connectivity index (χ3n) is 2.43. The number of anilines is 2. The van der Waals surface area contributed by atoms with Gasteiger partial charge in [-0.05, 0) is 32.9 Å². The number of nitrogens with one attached hydrogen (secondary N) is 2. The van der Waals surface area contributed by atoms with Crippen molar-refractivity contribution in [3.8, 4) is 5.88 Å². The van der Waals surface area contributed by atoms with E-state index in [1.807, 2.05) is 26.8 Å². The van der Waals surface area contributed by atoms with Crippen LogP contribution in [0.2, 0.25) is 0 Å². The van der Waals surface area contributed by atoms with Crippen LogP contribution >= 0.6 is 0 Å². The van der Waals surface area contributed by atoms with E-state index in [0.717, 1.165) is 18.1 Å². The highest BCUT2D eigenvalue weighted by Gasteiger charge is 2.15. The lowest BCUT2D eigenvalue weighted by molar-refractivity contribution is 0.125. The van der Waals surface area contributed by atoms with Crippen LogP contribution in [-0.4, -0.2) is 32.3 Å². The maximum Gasteiger partial charge on any atom is 0.239 e. The molecule has 20 heavy (non-hydrogen) atoms. The molecule has 108 valence electrons. The second-order valence-electron chi connectivity index (χ2n) is 5.41. The lowest BCUT2D eigenvalue weighted by Crippen LogP contribution is -2.24. The zero-order chi connectivity index (χ0) is 14.6. The van der Waals surface area contributed by atoms with E-state index in [9.17, 15) is 0 Å². The number of pyridine rings is 1. The molecule has 0 unspecified atom stereocenters. The molecule has 7 nitrogen and oxygen atoms in total. The monoisotopic (exact) mass is 276 g/mol. The topological polar surface area (TPSA) is 102 Å². The number of rotatable bonds is 5. The van der Waals surface area contributed by atoms with Gasteiger partial charge in [-0.3, -0.25) is 5.10 Å². The molecule has 2 heterocycles. The highest BCUT2D eigenvalue weighted by atomic mass is 16.5. The van der Waals surface area contributed by atoms with Gasteiger partial charge in [-0.1, -0.05) is 0 Å². The van der Waals surface area contributed by atoms with E-state index in [-0.39, 0.29) is 5.60 Å². The number of aromatic amines is 1. The fourth-order valence-electron chi connectivity index (χ4n) is 1.58. The molecule has 0 atom stereocenters. The van der Waals surface area contributed by atoms with Gasteiger partial charge < -0.3 is 15.8 Å². The van der Waals surface area contributed by atoms with Gasteiger partial charge in [-0.25, -0.2) is 4.98 Å². The van der Waals surface area contributed by atoms with Gasteiger partial charge in [0.25, 0.3) is 0 Å². The SMILES string of the molecule is CC(C)(C)Oc1nc(NCCc2ncn[nH]2)ccc1N. The van der Waals surface area contributed by atoms with E-state index in [0.29, 0.717) is 18.1 Å². The third kappa shape index (κ3) is 4.11. The van der Waals surface area contributed by atoms with Gasteiger partial charge in [-0.15, -0.1) is 0 Å². The molecule has 0 fully saturated rings. The summed E-state index contributed by atoms with van der Waals surface area (Å²) < 4.78 is 5.72. The Balaban J connectivity index is 1.96. The standard InChI is InChI=1S/C13H20N6O/c1-13(2,3)20-12-9(14)4-5-10(18-12)15-7-6-11-16-8-17-19-11/h4-5,8H,6-7,14H2,1-3H3,(H,15,18)(H,16,17,19). The van der Waals surface area contributed by atoms with E-state index >= 15 is 0 Å². The predicted molar refractivity (Wildman–Crippen MR) is 77.6 cm³/mol. The van der Waals surface area contributed by atoms with Crippen LogP contribution in [0.4, 0.5) is 11.5 Å². The van der Waals surface area contributed by atoms with Crippen molar-refractivity contribution in [1.82, 2.24) is 20.2 Å². The summed E-state index contributed by atoms with van der Waals surface area (Å²) in [6.07, 6.45) is 2.23. The van der Waals surface area contributed by atoms with E-state index < -0.39 is 0 Å². The van der Waals surface area contributed by atoms with Crippen LogP contribution in [0.3, 0.4) is 0 Å². The number of ether oxygens (including phenoxy) is 1. The quantitative estimate of drug-likeness (QED) is 0.767. The van der Waals surface area contributed by atoms with Crippen LogP contribution in [0.15, 0.2) is 18.5 Å². The Labute approximate surface area is 118 Å². The van der Waals surface area contributed by atoms with E-state index in [4.69, 9.17) is 10.5 Å². The molecular weight excluding hydrogens is 256 g/mol. The van der Waals surface area contributed by atoms with Crippen molar-refractivity contribution >= 4 is 11.5 Å². The summed E-state index contributed by atoms with van der Waals surface area (Å²) in [5.41, 5.74) is 6.06. The summed E-state index contributed by atoms with van der Waals surface area (Å²) in [4.78, 5) is 8.43. The first-order valence-electron chi connectivity index (χ1n) is 6.48. The van der Waals surface area contributed by atoms with Crippen LogP contribution in [0.25, 0.3) is 0 Å². The predicted octanol–water partition coefficient (Wildman–Crippen LogP) is 1.61. The first-order chi connectivity index (χ1) is 9.44. The molecule has 0 spiro atoms. The molecule has 2 aromatic rings. The largest absolute Gasteiger partial charge is 0.470 e. The maximum atomic E-state index is 5.86. The number of nitrogens with zero attached hydrogens (tertiary/aromatic N) is 3. The minimum Gasteiger partial charge on any atom is -0.470 e. The maximum absolute atomic E-state index is 5.86. The number of H-pyrrole nitrogens is 1. The first-order valence-corrected chi connectivity index (χ1v) is 6.48. The van der Waals surface area contributed by atoms with Crippen LogP contribution in [0.5, 0.6) is 5.88 Å². The summed E-state index contributed by atoms with van der Waals surface area (Å²) >= 11 is 0. The zero-order valence-electron chi connectivity index (χ0n) is 12.0. The van der Waals surface area contributed by atoms with Crippen molar-refractivity contribution in [3.63, 3.8) is 0 Å². The summed E-state index contributed by atoms with van der Waals surface area (Å²) in [5, 5.41) is 9.81. The molecule has 4 N–H and O–H groups in total. The Morgan fingerprint density at radius 1 is 1.35 bits per heavy atom. The average Bonchev–Trinajstić information content (AvgIpc) is 2.84. The Morgan fingerprint density at radius 2 is 2.15 bits per heavy atom. The summed E-state index contributed by atoms with van der Waals surface area (Å²) in [7, 11) is 0. The molecule has 0 aliphatic heterocycles. The van der Waals surface area contributed by atoms with E-state index in [1.54, 1.807) is 6.07 Å². The fourth-order valence-corrected chi connectivity index (χ4v) is 1.58. The first kappa shape index (κ1) is 14.1. The van der Waals surface area contributed by atoms with E-state index in [2.05, 4.69) is 25.5 Å². The summed E-state index contributed by atoms with van der Waals surface area (Å²) in [5.74, 6) is 2.00. The van der Waals surface area contributed by atoms with Gasteiger partial charge in [-0.2, -0.15) is 10.1 Å². The zero-order valence-corrected chi connectivity index (χ0v) is 12.0. The molecule has 0 radical (unpaired) electrons. The number of hydrogen-bond acceptors (Lipinski definition) is 6. The smallest absolute Gasteiger partial charge is 0.239 e. The Morgan fingerprint density at radius 3 is 2.80 bits per heavy atom. The fraction of sp³-hybridized carbons (Fsp3) is 0.462. The lowest BCUT2D eigenvalue weighted by atomic mass is 10.2. The Hall–Kier alpha value is -2.31. The van der Waals surface area contributed by atoms with Gasteiger partial charge in [0.2, 0.25) is 5.88 Å². The van der Waals surface area contributed by atoms with Crippen LogP contribution in [0.1, 0.15) is 26.6 Å². The second-order valence-corrected chi connectivity index (χ2v) is 5.41. The van der Waals surface area contributed by atoms with Crippen molar-refractivity contribution < 1.29 is 4.74 Å². The van der Waals surface area contributed by atoms with Crippen molar-refractivity contribution in [1.29, 1.82) is 0 Å². The van der Waals surface area contributed by atoms with Crippen LogP contribution < -0.4 is 15.8 Å². The Kier molecular flexibility index (Phi) is 4.07. The highest BCUT2D eigenvalue weighted by Crippen LogP contribution is 2.24. The molecule has 2 aromatic heterocycles. The van der Waals surface area contributed by atoms with Gasteiger partial charge in [0.1, 0.15) is 23.6 Å². The van der Waals surface area contributed by atoms with Gasteiger partial charge in [0, 0.05) is 13.0 Å². The second kappa shape index (κ2) is 5.77. The molecule has 0 bridgehead atoms. The lowest BCUT2D eigenvalue weighted by Gasteiger charge is -2.21. The highest BCUT2D eigenvalue weighted by molar-refractivity contribution is 5.53. The Bertz CT molecular complexity index is 546. The molecule has 0 saturated heterocycles. The molecule has 7 heteroatoms. The number of hydrogen-bond donors (Lipinski definition) is 3. The molecule has 0 aliphatic carbocycles. The van der Waals surface area contributed by atoms with Gasteiger partial charge in [0.15, 0.2) is 0 Å². The number of nitrogen functional groups attached to an aromatic ring is 1. The average molecular weight is 276 g/mol. The van der Waals surface area contributed by atoms with Crippen molar-refractivity contribution in [3.05, 3.63) is 24.3 Å². The third-order valence-corrected chi connectivity index (χ3v) is 2.43.